The Morgan fingerprint density at radius 1 is 1.35 bits per heavy atom. The maximum absolute atomic E-state index is 11.2. The number of hydrogen-bond acceptors (Lipinski definition) is 4. The van der Waals surface area contributed by atoms with E-state index in [1.54, 1.807) is 6.20 Å². The molecule has 0 aliphatic rings. The van der Waals surface area contributed by atoms with Crippen molar-refractivity contribution in [3.63, 3.8) is 0 Å². The van der Waals surface area contributed by atoms with Crippen LogP contribution in [0.5, 0.6) is 5.75 Å². The molecule has 2 rings (SSSR count). The van der Waals surface area contributed by atoms with Gasteiger partial charge in [0.05, 0.1) is 11.9 Å². The largest absolute Gasteiger partial charge is 0.488 e. The summed E-state index contributed by atoms with van der Waals surface area (Å²) >= 11 is 0. The van der Waals surface area contributed by atoms with Crippen LogP contribution in [-0.2, 0) is 0 Å². The van der Waals surface area contributed by atoms with Gasteiger partial charge in [0.15, 0.2) is 5.75 Å². The number of likely N-dealkylation sites (N-methyl/N-ethyl adjacent to an activating group) is 1. The van der Waals surface area contributed by atoms with Gasteiger partial charge >= 0.3 is 5.97 Å². The van der Waals surface area contributed by atoms with Crippen molar-refractivity contribution in [2.24, 2.45) is 0 Å². The first-order chi connectivity index (χ1) is 9.58. The first-order valence-corrected chi connectivity index (χ1v) is 6.24. The Labute approximate surface area is 117 Å². The summed E-state index contributed by atoms with van der Waals surface area (Å²) in [5.74, 6) is -0.817. The minimum atomic E-state index is -1.10. The number of benzene rings is 1. The highest BCUT2D eigenvalue weighted by Gasteiger charge is 2.17. The number of aromatic nitrogens is 2. The summed E-state index contributed by atoms with van der Waals surface area (Å²) < 4.78 is 7.01. The summed E-state index contributed by atoms with van der Waals surface area (Å²) in [6.45, 7) is 1.11. The summed E-state index contributed by atoms with van der Waals surface area (Å²) in [6.07, 6.45) is 1.59. The zero-order valence-electron chi connectivity index (χ0n) is 11.5. The fourth-order valence-corrected chi connectivity index (χ4v) is 1.66. The Kier molecular flexibility index (Phi) is 4.37. The van der Waals surface area contributed by atoms with Crippen LogP contribution in [0.15, 0.2) is 36.5 Å². The third-order valence-electron chi connectivity index (χ3n) is 2.70. The van der Waals surface area contributed by atoms with E-state index < -0.39 is 5.97 Å². The van der Waals surface area contributed by atoms with Gasteiger partial charge in [-0.15, -0.1) is 0 Å². The molecule has 0 aliphatic carbocycles. The van der Waals surface area contributed by atoms with Gasteiger partial charge in [0, 0.05) is 6.54 Å². The Hall–Kier alpha value is -2.34. The molecule has 0 amide bonds. The molecule has 1 heterocycles. The minimum absolute atomic E-state index is 0.0763. The molecule has 0 fully saturated rings. The monoisotopic (exact) mass is 275 g/mol. The predicted molar refractivity (Wildman–Crippen MR) is 74.6 cm³/mol. The van der Waals surface area contributed by atoms with Gasteiger partial charge in [-0.05, 0) is 26.2 Å². The standard InChI is InChI=1S/C14H17N3O3/c1-16(2)8-9-20-12-10-17(15-13(12)14(18)19)11-6-4-3-5-7-11/h3-7,10H,8-9H2,1-2H3,(H,18,19). The second-order valence-electron chi connectivity index (χ2n) is 4.58. The topological polar surface area (TPSA) is 67.6 Å². The first-order valence-electron chi connectivity index (χ1n) is 6.24. The molecule has 0 spiro atoms. The quantitative estimate of drug-likeness (QED) is 0.865. The molecule has 106 valence electrons. The van der Waals surface area contributed by atoms with Crippen LogP contribution in [0.2, 0.25) is 0 Å². The molecular weight excluding hydrogens is 258 g/mol. The Morgan fingerprint density at radius 3 is 2.65 bits per heavy atom. The van der Waals surface area contributed by atoms with Gasteiger partial charge in [-0.25, -0.2) is 9.48 Å². The van der Waals surface area contributed by atoms with Crippen molar-refractivity contribution in [2.75, 3.05) is 27.2 Å². The molecule has 1 aromatic heterocycles. The second kappa shape index (κ2) is 6.21. The van der Waals surface area contributed by atoms with E-state index in [-0.39, 0.29) is 11.4 Å². The number of para-hydroxylation sites is 1. The summed E-state index contributed by atoms with van der Waals surface area (Å²) in [6, 6.07) is 9.32. The molecule has 6 nitrogen and oxygen atoms in total. The fourth-order valence-electron chi connectivity index (χ4n) is 1.66. The van der Waals surface area contributed by atoms with Crippen LogP contribution in [0, 0.1) is 0 Å². The Balaban J connectivity index is 2.22. The van der Waals surface area contributed by atoms with E-state index in [0.29, 0.717) is 13.2 Å². The highest BCUT2D eigenvalue weighted by Crippen LogP contribution is 2.19. The molecule has 1 aromatic carbocycles. The summed E-state index contributed by atoms with van der Waals surface area (Å²) in [5, 5.41) is 13.2. The van der Waals surface area contributed by atoms with E-state index in [2.05, 4.69) is 5.10 Å². The predicted octanol–water partition coefficient (Wildman–Crippen LogP) is 1.51. The Bertz CT molecular complexity index is 579. The van der Waals surface area contributed by atoms with Crippen molar-refractivity contribution in [2.45, 2.75) is 0 Å². The average molecular weight is 275 g/mol. The molecule has 0 saturated carbocycles. The van der Waals surface area contributed by atoms with Crippen molar-refractivity contribution < 1.29 is 14.6 Å². The number of carboxylic acid groups (broad SMARTS) is 1. The highest BCUT2D eigenvalue weighted by atomic mass is 16.5. The van der Waals surface area contributed by atoms with Crippen LogP contribution in [0.3, 0.4) is 0 Å². The van der Waals surface area contributed by atoms with Gasteiger partial charge in [0.25, 0.3) is 0 Å². The summed E-state index contributed by atoms with van der Waals surface area (Å²) in [7, 11) is 3.85. The third-order valence-corrected chi connectivity index (χ3v) is 2.70. The van der Waals surface area contributed by atoms with E-state index in [0.717, 1.165) is 5.69 Å². The molecule has 2 aromatic rings. The van der Waals surface area contributed by atoms with Gasteiger partial charge in [-0.1, -0.05) is 18.2 Å². The Morgan fingerprint density at radius 2 is 2.05 bits per heavy atom. The number of rotatable bonds is 6. The van der Waals surface area contributed by atoms with Gasteiger partial charge in [0.1, 0.15) is 6.61 Å². The molecule has 0 unspecified atom stereocenters. The number of carboxylic acids is 1. The molecule has 1 N–H and O–H groups in total. The lowest BCUT2D eigenvalue weighted by Gasteiger charge is -2.09. The molecule has 0 aliphatic heterocycles. The van der Waals surface area contributed by atoms with Crippen LogP contribution in [0.4, 0.5) is 0 Å². The van der Waals surface area contributed by atoms with E-state index in [4.69, 9.17) is 9.84 Å². The number of nitrogens with zero attached hydrogens (tertiary/aromatic N) is 3. The normalized spacial score (nSPS) is 10.8. The highest BCUT2D eigenvalue weighted by molar-refractivity contribution is 5.88. The maximum Gasteiger partial charge on any atom is 0.360 e. The average Bonchev–Trinajstić information content (AvgIpc) is 2.84. The van der Waals surface area contributed by atoms with Crippen molar-refractivity contribution in [1.82, 2.24) is 14.7 Å². The SMILES string of the molecule is CN(C)CCOc1cn(-c2ccccc2)nc1C(=O)O. The minimum Gasteiger partial charge on any atom is -0.488 e. The molecule has 20 heavy (non-hydrogen) atoms. The number of aromatic carboxylic acids is 1. The van der Waals surface area contributed by atoms with Gasteiger partial charge in [-0.2, -0.15) is 5.10 Å². The molecule has 0 saturated heterocycles. The zero-order chi connectivity index (χ0) is 14.5. The maximum atomic E-state index is 11.2. The molecular formula is C14H17N3O3. The molecule has 0 atom stereocenters. The van der Waals surface area contributed by atoms with Crippen LogP contribution in [-0.4, -0.2) is 53.0 Å². The molecule has 6 heteroatoms. The van der Waals surface area contributed by atoms with Gasteiger partial charge in [-0.3, -0.25) is 0 Å². The number of hydrogen-bond donors (Lipinski definition) is 1. The third kappa shape index (κ3) is 3.36. The van der Waals surface area contributed by atoms with Crippen molar-refractivity contribution >= 4 is 5.97 Å². The zero-order valence-corrected chi connectivity index (χ0v) is 11.5. The van der Waals surface area contributed by atoms with Crippen molar-refractivity contribution in [3.8, 4) is 11.4 Å². The van der Waals surface area contributed by atoms with Crippen molar-refractivity contribution in [3.05, 3.63) is 42.2 Å². The van der Waals surface area contributed by atoms with Crippen molar-refractivity contribution in [1.29, 1.82) is 0 Å². The van der Waals surface area contributed by atoms with Gasteiger partial charge < -0.3 is 14.7 Å². The van der Waals surface area contributed by atoms with E-state index in [1.165, 1.54) is 4.68 Å². The molecule has 0 radical (unpaired) electrons. The first kappa shape index (κ1) is 14.1. The lowest BCUT2D eigenvalue weighted by molar-refractivity contribution is 0.0685. The smallest absolute Gasteiger partial charge is 0.360 e. The number of ether oxygens (including phenoxy) is 1. The summed E-state index contributed by atoms with van der Waals surface area (Å²) in [4.78, 5) is 13.2. The lowest BCUT2D eigenvalue weighted by atomic mass is 10.3. The fraction of sp³-hybridized carbons (Fsp3) is 0.286. The van der Waals surface area contributed by atoms with Crippen LogP contribution in [0.1, 0.15) is 10.5 Å². The van der Waals surface area contributed by atoms with E-state index in [9.17, 15) is 4.79 Å². The van der Waals surface area contributed by atoms with E-state index in [1.807, 2.05) is 49.3 Å². The van der Waals surface area contributed by atoms with Crippen LogP contribution in [0.25, 0.3) is 5.69 Å². The van der Waals surface area contributed by atoms with E-state index >= 15 is 0 Å². The lowest BCUT2D eigenvalue weighted by Crippen LogP contribution is -2.19. The van der Waals surface area contributed by atoms with Crippen LogP contribution < -0.4 is 4.74 Å². The molecule has 0 bridgehead atoms. The summed E-state index contributed by atoms with van der Waals surface area (Å²) in [5.41, 5.74) is 0.713. The number of carbonyl (C=O) groups is 1. The van der Waals surface area contributed by atoms with Gasteiger partial charge in [0.2, 0.25) is 5.69 Å². The van der Waals surface area contributed by atoms with Crippen LogP contribution >= 0.6 is 0 Å². The second-order valence-corrected chi connectivity index (χ2v) is 4.58.